The second-order valence-corrected chi connectivity index (χ2v) is 5.06. The van der Waals surface area contributed by atoms with Crippen molar-refractivity contribution >= 4 is 11.6 Å². The average molecular weight is 385 g/mol. The van der Waals surface area contributed by atoms with Gasteiger partial charge in [-0.3, -0.25) is 13.2 Å². The van der Waals surface area contributed by atoms with Crippen molar-refractivity contribution < 1.29 is 112 Å². The largest absolute Gasteiger partial charge is 1.00 e. The van der Waals surface area contributed by atoms with E-state index in [2.05, 4.69) is 26.3 Å². The first-order valence-electron chi connectivity index (χ1n) is 7.41. The number of likely N-dealkylation sites (N-methyl/N-ethyl adjacent to an activating group) is 2. The van der Waals surface area contributed by atoms with E-state index in [1.807, 2.05) is 23.9 Å². The zero-order valence-corrected chi connectivity index (χ0v) is 22.8. The van der Waals surface area contributed by atoms with Crippen LogP contribution in [0.3, 0.4) is 0 Å². The number of likely N-dealkylation sites (tertiary alicyclic amines) is 2. The van der Waals surface area contributed by atoms with Crippen LogP contribution < -0.4 is 103 Å². The van der Waals surface area contributed by atoms with Crippen molar-refractivity contribution in [3.05, 3.63) is 38.4 Å². The summed E-state index contributed by atoms with van der Waals surface area (Å²) in [5, 5.41) is 0. The summed E-state index contributed by atoms with van der Waals surface area (Å²) in [5.74, 6) is 0.463. The molecule has 0 aliphatic carbocycles. The van der Waals surface area contributed by atoms with E-state index in [0.717, 1.165) is 50.9 Å². The number of nitrogens with zero attached hydrogens (tertiary/aromatic N) is 2. The van der Waals surface area contributed by atoms with E-state index in [9.17, 15) is 9.59 Å². The summed E-state index contributed by atoms with van der Waals surface area (Å²) in [6, 6.07) is 1.99. The van der Waals surface area contributed by atoms with E-state index in [1.165, 1.54) is 0 Å². The van der Waals surface area contributed by atoms with E-state index in [4.69, 9.17) is 0 Å². The van der Waals surface area contributed by atoms with E-state index in [-0.39, 0.29) is 114 Å². The Bertz CT molecular complexity index is 309. The van der Waals surface area contributed by atoms with Crippen molar-refractivity contribution in [2.45, 2.75) is 39.5 Å². The average Bonchev–Trinajstić information content (AvgIpc) is 3.12. The smallest absolute Gasteiger partial charge is 0.521 e. The molecule has 0 bridgehead atoms. The zero-order valence-electron chi connectivity index (χ0n) is 16.5. The van der Waals surface area contributed by atoms with Crippen LogP contribution in [0.1, 0.15) is 39.5 Å². The van der Waals surface area contributed by atoms with Crippen LogP contribution in [0.2, 0.25) is 0 Å². The predicted molar refractivity (Wildman–Crippen MR) is 91.4 cm³/mol. The number of carbonyl (C=O) groups excluding carboxylic acids is 2. The van der Waals surface area contributed by atoms with Gasteiger partial charge in [-0.2, -0.15) is 0 Å². The molecule has 0 N–H and O–H groups in total. The SMILES string of the molecule is CC(=O)[C-]1CCCN1C.CC(=O)[C-]1CCCN1C.[CH-]=C.[CH-]=C.[K+].[K+]. The van der Waals surface area contributed by atoms with Gasteiger partial charge in [-0.25, -0.2) is 12.1 Å². The molecule has 2 saturated heterocycles. The number of Topliss-reactive ketones (excluding diaryl/α,β-unsaturated/α-hetero) is 2. The second-order valence-electron chi connectivity index (χ2n) is 5.06. The number of hydrogen-bond donors (Lipinski definition) is 0. The fourth-order valence-corrected chi connectivity index (χ4v) is 2.51. The van der Waals surface area contributed by atoms with Crippen LogP contribution in [0.25, 0.3) is 0 Å². The van der Waals surface area contributed by atoms with Gasteiger partial charge in [-0.1, -0.05) is 12.8 Å². The van der Waals surface area contributed by atoms with Gasteiger partial charge in [0.25, 0.3) is 0 Å². The monoisotopic (exact) mass is 384 g/mol. The zero-order chi connectivity index (χ0) is 17.7. The van der Waals surface area contributed by atoms with Crippen molar-refractivity contribution in [3.8, 4) is 0 Å². The maximum atomic E-state index is 10.8. The summed E-state index contributed by atoms with van der Waals surface area (Å²) in [7, 11) is 3.95. The first-order valence-corrected chi connectivity index (χ1v) is 7.41. The molecule has 2 rings (SSSR count). The third kappa shape index (κ3) is 13.9. The molecule has 2 fully saturated rings. The third-order valence-electron chi connectivity index (χ3n) is 3.55. The van der Waals surface area contributed by atoms with Crippen LogP contribution in [0, 0.1) is 25.2 Å². The molecule has 0 spiro atoms. The fourth-order valence-electron chi connectivity index (χ4n) is 2.51. The Morgan fingerprint density at radius 1 is 0.792 bits per heavy atom. The van der Waals surface area contributed by atoms with Gasteiger partial charge in [0.2, 0.25) is 0 Å². The van der Waals surface area contributed by atoms with E-state index < -0.39 is 0 Å². The number of hydrogen-bond acceptors (Lipinski definition) is 4. The second kappa shape index (κ2) is 21.1. The number of carbonyl (C=O) groups is 2. The molecule has 6 heteroatoms. The Balaban J connectivity index is -0.000000129. The van der Waals surface area contributed by atoms with Crippen LogP contribution in [0.15, 0.2) is 13.2 Å². The molecule has 0 aromatic carbocycles. The van der Waals surface area contributed by atoms with Gasteiger partial charge in [0, 0.05) is 11.6 Å². The molecular weight excluding hydrogens is 354 g/mol. The van der Waals surface area contributed by atoms with E-state index >= 15 is 0 Å². The summed E-state index contributed by atoms with van der Waals surface area (Å²) in [6.07, 6.45) is 4.24. The molecular formula is C18H30K2N2O2-2. The van der Waals surface area contributed by atoms with Gasteiger partial charge < -0.3 is 32.5 Å². The molecule has 2 aliphatic rings. The first-order chi connectivity index (χ1) is 10.4. The molecule has 0 unspecified atom stereocenters. The minimum atomic E-state index is 0. The molecule has 24 heavy (non-hydrogen) atoms. The summed E-state index contributed by atoms with van der Waals surface area (Å²) in [4.78, 5) is 25.6. The van der Waals surface area contributed by atoms with Crippen LogP contribution >= 0.6 is 0 Å². The standard InChI is InChI=1S/2C7H12NO.2C2H3.2K/c2*1-6(9)7-4-3-5-8(7)2;2*1-2;;/h2*3-5H2,1-2H3;2*1H,2H2;;/q4*-1;2*+1. The summed E-state index contributed by atoms with van der Waals surface area (Å²) >= 11 is 0. The summed E-state index contributed by atoms with van der Waals surface area (Å²) < 4.78 is 0. The van der Waals surface area contributed by atoms with Crippen LogP contribution in [0.5, 0.6) is 0 Å². The van der Waals surface area contributed by atoms with Crippen molar-refractivity contribution in [1.29, 1.82) is 0 Å². The topological polar surface area (TPSA) is 40.6 Å². The number of rotatable bonds is 2. The molecule has 0 saturated carbocycles. The Kier molecular flexibility index (Phi) is 29.3. The van der Waals surface area contributed by atoms with Crippen molar-refractivity contribution in [2.24, 2.45) is 0 Å². The van der Waals surface area contributed by atoms with Crippen LogP contribution in [-0.4, -0.2) is 48.6 Å². The minimum Gasteiger partial charge on any atom is -0.521 e. The molecule has 0 atom stereocenters. The predicted octanol–water partition coefficient (Wildman–Crippen LogP) is -3.12. The molecule has 0 amide bonds. The van der Waals surface area contributed by atoms with E-state index in [0.29, 0.717) is 0 Å². The first kappa shape index (κ1) is 33.3. The maximum Gasteiger partial charge on any atom is 1.00 e. The van der Waals surface area contributed by atoms with Crippen LogP contribution in [0.4, 0.5) is 0 Å². The Hall–Kier alpha value is 1.75. The van der Waals surface area contributed by atoms with Gasteiger partial charge in [0.15, 0.2) is 0 Å². The molecule has 0 aromatic heterocycles. The van der Waals surface area contributed by atoms with Gasteiger partial charge in [0.05, 0.1) is 0 Å². The molecule has 0 aromatic rings. The normalized spacial score (nSPS) is 16.0. The van der Waals surface area contributed by atoms with Gasteiger partial charge in [-0.15, -0.1) is 12.8 Å². The van der Waals surface area contributed by atoms with E-state index in [1.54, 1.807) is 13.8 Å². The Morgan fingerprint density at radius 3 is 1.12 bits per heavy atom. The van der Waals surface area contributed by atoms with Gasteiger partial charge in [-0.05, 0) is 41.0 Å². The maximum absolute atomic E-state index is 10.8. The minimum absolute atomic E-state index is 0. The molecule has 0 radical (unpaired) electrons. The Labute approximate surface area is 234 Å². The molecule has 4 nitrogen and oxygen atoms in total. The van der Waals surface area contributed by atoms with Crippen molar-refractivity contribution in [3.63, 3.8) is 0 Å². The van der Waals surface area contributed by atoms with Gasteiger partial charge in [0.1, 0.15) is 0 Å². The number of ketones is 2. The fraction of sp³-hybridized carbons (Fsp3) is 0.556. The third-order valence-corrected chi connectivity index (χ3v) is 3.55. The molecule has 128 valence electrons. The molecule has 2 aliphatic heterocycles. The quantitative estimate of drug-likeness (QED) is 0.373. The van der Waals surface area contributed by atoms with Crippen molar-refractivity contribution in [2.75, 3.05) is 27.2 Å². The van der Waals surface area contributed by atoms with Crippen molar-refractivity contribution in [1.82, 2.24) is 9.80 Å². The Morgan fingerprint density at radius 2 is 1.04 bits per heavy atom. The summed E-state index contributed by atoms with van der Waals surface area (Å²) in [6.45, 7) is 19.4. The van der Waals surface area contributed by atoms with Crippen LogP contribution in [-0.2, 0) is 9.59 Å². The molecule has 2 heterocycles. The summed E-state index contributed by atoms with van der Waals surface area (Å²) in [5.41, 5.74) is 0. The van der Waals surface area contributed by atoms with Gasteiger partial charge >= 0.3 is 103 Å².